The van der Waals surface area contributed by atoms with Crippen LogP contribution in [-0.4, -0.2) is 15.8 Å². The van der Waals surface area contributed by atoms with Crippen LogP contribution in [0.25, 0.3) is 11.3 Å². The number of amides is 2. The van der Waals surface area contributed by atoms with Gasteiger partial charge < -0.3 is 11.1 Å². The quantitative estimate of drug-likeness (QED) is 0.753. The Hall–Kier alpha value is -3.55. The van der Waals surface area contributed by atoms with Crippen molar-refractivity contribution < 1.29 is 13.6 Å². The second-order valence-electron chi connectivity index (χ2n) is 5.56. The number of anilines is 1. The van der Waals surface area contributed by atoms with Crippen molar-refractivity contribution in [3.63, 3.8) is 0 Å². The molecule has 0 radical (unpaired) electrons. The lowest BCUT2D eigenvalue weighted by molar-refractivity contribution is 0.259. The maximum absolute atomic E-state index is 13.4. The maximum atomic E-state index is 13.4. The molecule has 0 spiro atoms. The summed E-state index contributed by atoms with van der Waals surface area (Å²) in [6.07, 6.45) is 0. The Kier molecular flexibility index (Phi) is 4.74. The van der Waals surface area contributed by atoms with E-state index >= 15 is 0 Å². The van der Waals surface area contributed by atoms with Crippen LogP contribution in [0, 0.1) is 11.6 Å². The summed E-state index contributed by atoms with van der Waals surface area (Å²) in [5.74, 6) is -1.46. The highest BCUT2D eigenvalue weighted by Crippen LogP contribution is 2.19. The molecule has 3 rings (SSSR count). The van der Waals surface area contributed by atoms with Crippen LogP contribution in [0.3, 0.4) is 0 Å². The molecule has 26 heavy (non-hydrogen) atoms. The number of primary amides is 1. The van der Waals surface area contributed by atoms with Gasteiger partial charge in [-0.05, 0) is 35.9 Å². The zero-order valence-corrected chi connectivity index (χ0v) is 13.4. The fraction of sp³-hybridized carbons (Fsp3) is 0.0556. The summed E-state index contributed by atoms with van der Waals surface area (Å²) >= 11 is 0. The molecule has 2 aromatic carbocycles. The van der Waals surface area contributed by atoms with E-state index in [0.717, 1.165) is 18.2 Å². The molecular weight excluding hydrogens is 342 g/mol. The van der Waals surface area contributed by atoms with Gasteiger partial charge in [-0.2, -0.15) is 5.10 Å². The zero-order valence-electron chi connectivity index (χ0n) is 13.4. The number of nitrogens with one attached hydrogen (secondary N) is 1. The molecule has 0 bridgehead atoms. The second-order valence-corrected chi connectivity index (χ2v) is 5.56. The molecule has 0 unspecified atom stereocenters. The van der Waals surface area contributed by atoms with Gasteiger partial charge in [0.2, 0.25) is 0 Å². The number of nitrogens with zero attached hydrogens (tertiary/aromatic N) is 2. The van der Waals surface area contributed by atoms with E-state index < -0.39 is 17.7 Å². The van der Waals surface area contributed by atoms with Gasteiger partial charge in [0.1, 0.15) is 11.6 Å². The van der Waals surface area contributed by atoms with Crippen LogP contribution in [0.2, 0.25) is 0 Å². The van der Waals surface area contributed by atoms with Gasteiger partial charge in [0.15, 0.2) is 0 Å². The van der Waals surface area contributed by atoms with Crippen molar-refractivity contribution in [2.24, 2.45) is 5.73 Å². The van der Waals surface area contributed by atoms with Gasteiger partial charge in [-0.1, -0.05) is 12.1 Å². The molecule has 6 nitrogen and oxygen atoms in total. The third-order valence-electron chi connectivity index (χ3n) is 3.55. The van der Waals surface area contributed by atoms with Gasteiger partial charge in [0.25, 0.3) is 5.56 Å². The van der Waals surface area contributed by atoms with E-state index in [1.165, 1.54) is 16.8 Å². The highest BCUT2D eigenvalue weighted by molar-refractivity contribution is 5.87. The fourth-order valence-corrected chi connectivity index (χ4v) is 2.48. The Bertz CT molecular complexity index is 1010. The summed E-state index contributed by atoms with van der Waals surface area (Å²) in [6, 6.07) is 11.7. The largest absolute Gasteiger partial charge is 0.351 e. The first kappa shape index (κ1) is 17.3. The Morgan fingerprint density at radius 2 is 1.81 bits per heavy atom. The van der Waals surface area contributed by atoms with Crippen LogP contribution in [0.5, 0.6) is 0 Å². The Morgan fingerprint density at radius 1 is 1.08 bits per heavy atom. The molecule has 1 aromatic heterocycles. The van der Waals surface area contributed by atoms with Crippen LogP contribution >= 0.6 is 0 Å². The standard InChI is InChI=1S/C18H14F2N4O2/c19-13-7-12(8-14(20)9-13)16-4-5-17(25)24(23-16)10-11-2-1-3-15(6-11)22-18(21)26/h1-9H,10H2,(H3,21,22,26). The molecule has 0 fully saturated rings. The van der Waals surface area contributed by atoms with E-state index in [4.69, 9.17) is 5.73 Å². The molecule has 0 aliphatic carbocycles. The number of hydrogen-bond donors (Lipinski definition) is 2. The number of rotatable bonds is 4. The molecule has 0 saturated carbocycles. The third-order valence-corrected chi connectivity index (χ3v) is 3.55. The first-order valence-corrected chi connectivity index (χ1v) is 7.61. The molecule has 0 aliphatic heterocycles. The van der Waals surface area contributed by atoms with E-state index in [9.17, 15) is 18.4 Å². The van der Waals surface area contributed by atoms with Crippen LogP contribution in [0.1, 0.15) is 5.56 Å². The Labute approximate surface area is 146 Å². The van der Waals surface area contributed by atoms with E-state index in [0.29, 0.717) is 11.3 Å². The highest BCUT2D eigenvalue weighted by Gasteiger charge is 2.08. The lowest BCUT2D eigenvalue weighted by atomic mass is 10.1. The zero-order chi connectivity index (χ0) is 18.7. The Balaban J connectivity index is 1.94. The van der Waals surface area contributed by atoms with Gasteiger partial charge in [0, 0.05) is 23.4 Å². The molecule has 3 N–H and O–H groups in total. The average molecular weight is 356 g/mol. The summed E-state index contributed by atoms with van der Waals surface area (Å²) in [5, 5.41) is 6.61. The molecule has 0 aliphatic rings. The number of benzene rings is 2. The van der Waals surface area contributed by atoms with Gasteiger partial charge in [-0.15, -0.1) is 0 Å². The fourth-order valence-electron chi connectivity index (χ4n) is 2.48. The van der Waals surface area contributed by atoms with Crippen molar-refractivity contribution in [2.75, 3.05) is 5.32 Å². The van der Waals surface area contributed by atoms with Crippen LogP contribution < -0.4 is 16.6 Å². The van der Waals surface area contributed by atoms with Gasteiger partial charge >= 0.3 is 6.03 Å². The minimum atomic E-state index is -0.732. The van der Waals surface area contributed by atoms with Gasteiger partial charge in [-0.25, -0.2) is 18.3 Å². The summed E-state index contributed by atoms with van der Waals surface area (Å²) < 4.78 is 28.0. The summed E-state index contributed by atoms with van der Waals surface area (Å²) in [7, 11) is 0. The van der Waals surface area contributed by atoms with Crippen LogP contribution in [0.4, 0.5) is 19.3 Å². The van der Waals surface area contributed by atoms with E-state index in [2.05, 4.69) is 10.4 Å². The van der Waals surface area contributed by atoms with Crippen molar-refractivity contribution in [1.82, 2.24) is 9.78 Å². The van der Waals surface area contributed by atoms with Crippen LogP contribution in [0.15, 0.2) is 59.4 Å². The van der Waals surface area contributed by atoms with Crippen molar-refractivity contribution >= 4 is 11.7 Å². The van der Waals surface area contributed by atoms with E-state index in [-0.39, 0.29) is 23.4 Å². The normalized spacial score (nSPS) is 10.5. The molecule has 8 heteroatoms. The smallest absolute Gasteiger partial charge is 0.316 e. The summed E-state index contributed by atoms with van der Waals surface area (Å²) in [5.41, 5.74) is 6.35. The number of halogens is 2. The SMILES string of the molecule is NC(=O)Nc1cccc(Cn2nc(-c3cc(F)cc(F)c3)ccc2=O)c1. The van der Waals surface area contributed by atoms with Crippen LogP contribution in [-0.2, 0) is 6.54 Å². The summed E-state index contributed by atoms with van der Waals surface area (Å²) in [6.45, 7) is 0.110. The number of hydrogen-bond acceptors (Lipinski definition) is 3. The second kappa shape index (κ2) is 7.14. The third kappa shape index (κ3) is 4.10. The number of nitrogens with two attached hydrogens (primary N) is 1. The number of carbonyl (C=O) groups is 1. The topological polar surface area (TPSA) is 90.0 Å². The molecular formula is C18H14F2N4O2. The maximum Gasteiger partial charge on any atom is 0.316 e. The lowest BCUT2D eigenvalue weighted by Crippen LogP contribution is -2.23. The monoisotopic (exact) mass is 356 g/mol. The molecule has 1 heterocycles. The minimum absolute atomic E-state index is 0.110. The first-order valence-electron chi connectivity index (χ1n) is 7.61. The predicted octanol–water partition coefficient (Wildman–Crippen LogP) is 2.73. The molecule has 0 atom stereocenters. The van der Waals surface area contributed by atoms with Crippen molar-refractivity contribution in [1.29, 1.82) is 0 Å². The summed E-state index contributed by atoms with van der Waals surface area (Å²) in [4.78, 5) is 23.0. The predicted molar refractivity (Wildman–Crippen MR) is 92.6 cm³/mol. The Morgan fingerprint density at radius 3 is 2.50 bits per heavy atom. The number of aromatic nitrogens is 2. The van der Waals surface area contributed by atoms with E-state index in [1.54, 1.807) is 24.3 Å². The van der Waals surface area contributed by atoms with Crippen molar-refractivity contribution in [3.05, 3.63) is 82.1 Å². The van der Waals surface area contributed by atoms with E-state index in [1.807, 2.05) is 0 Å². The van der Waals surface area contributed by atoms with Gasteiger partial charge in [0.05, 0.1) is 12.2 Å². The first-order chi connectivity index (χ1) is 12.4. The number of carbonyl (C=O) groups excluding carboxylic acids is 1. The highest BCUT2D eigenvalue weighted by atomic mass is 19.1. The minimum Gasteiger partial charge on any atom is -0.351 e. The molecule has 0 saturated heterocycles. The van der Waals surface area contributed by atoms with Crippen molar-refractivity contribution in [3.8, 4) is 11.3 Å². The molecule has 2 amide bonds. The number of urea groups is 1. The van der Waals surface area contributed by atoms with Crippen molar-refractivity contribution in [2.45, 2.75) is 6.54 Å². The molecule has 132 valence electrons. The molecule has 3 aromatic rings. The average Bonchev–Trinajstić information content (AvgIpc) is 2.55. The lowest BCUT2D eigenvalue weighted by Gasteiger charge is -2.09. The van der Waals surface area contributed by atoms with Gasteiger partial charge in [-0.3, -0.25) is 4.79 Å².